The zero-order chi connectivity index (χ0) is 14.8. The van der Waals surface area contributed by atoms with Gasteiger partial charge in [0.05, 0.1) is 6.61 Å². The van der Waals surface area contributed by atoms with Crippen molar-refractivity contribution in [3.8, 4) is 5.88 Å². The fourth-order valence-corrected chi connectivity index (χ4v) is 1.92. The maximum absolute atomic E-state index is 5.75. The summed E-state index contributed by atoms with van der Waals surface area (Å²) in [5.74, 6) is 0.741. The molecule has 1 N–H and O–H groups in total. The Labute approximate surface area is 123 Å². The third kappa shape index (κ3) is 6.71. The van der Waals surface area contributed by atoms with Gasteiger partial charge >= 0.3 is 0 Å². The van der Waals surface area contributed by atoms with Gasteiger partial charge in [0.1, 0.15) is 0 Å². The summed E-state index contributed by atoms with van der Waals surface area (Å²) < 4.78 is 5.75. The number of rotatable bonds is 10. The van der Waals surface area contributed by atoms with E-state index in [1.54, 1.807) is 0 Å². The van der Waals surface area contributed by atoms with Gasteiger partial charge in [-0.2, -0.15) is 0 Å². The number of aromatic nitrogens is 1. The van der Waals surface area contributed by atoms with Crippen LogP contribution in [0.2, 0.25) is 0 Å². The van der Waals surface area contributed by atoms with Gasteiger partial charge in [0, 0.05) is 24.7 Å². The molecule has 1 heterocycles. The summed E-state index contributed by atoms with van der Waals surface area (Å²) in [7, 11) is 0. The van der Waals surface area contributed by atoms with Crippen molar-refractivity contribution in [1.82, 2.24) is 10.3 Å². The third-order valence-electron chi connectivity index (χ3n) is 2.96. The molecule has 0 aromatic carbocycles. The number of aryl methyl sites for hydroxylation is 1. The fourth-order valence-electron chi connectivity index (χ4n) is 1.92. The molecule has 1 aromatic heterocycles. The SMILES string of the molecule is C=C(C)CCOc1cc(CNCCC)cc(CCC)n1. The summed E-state index contributed by atoms with van der Waals surface area (Å²) in [5.41, 5.74) is 3.51. The Bertz CT molecular complexity index is 415. The van der Waals surface area contributed by atoms with Crippen LogP contribution in [0.5, 0.6) is 5.88 Å². The number of hydrogen-bond donors (Lipinski definition) is 1. The highest BCUT2D eigenvalue weighted by Crippen LogP contribution is 2.15. The summed E-state index contributed by atoms with van der Waals surface area (Å²) in [6.07, 6.45) is 4.13. The molecule has 0 fully saturated rings. The Hall–Kier alpha value is -1.35. The number of hydrogen-bond acceptors (Lipinski definition) is 3. The second kappa shape index (κ2) is 9.54. The molecule has 0 aliphatic rings. The van der Waals surface area contributed by atoms with Crippen LogP contribution in [0.1, 0.15) is 51.3 Å². The van der Waals surface area contributed by atoms with Crippen LogP contribution in [0, 0.1) is 0 Å². The van der Waals surface area contributed by atoms with Gasteiger partial charge in [-0.15, -0.1) is 6.58 Å². The first-order valence-corrected chi connectivity index (χ1v) is 7.63. The molecule has 0 aliphatic heterocycles. The quantitative estimate of drug-likeness (QED) is 0.520. The molecule has 0 saturated heterocycles. The highest BCUT2D eigenvalue weighted by molar-refractivity contribution is 5.25. The molecular formula is C17H28N2O. The average Bonchev–Trinajstić information content (AvgIpc) is 2.39. The van der Waals surface area contributed by atoms with Gasteiger partial charge < -0.3 is 10.1 Å². The van der Waals surface area contributed by atoms with E-state index in [1.807, 2.05) is 13.0 Å². The highest BCUT2D eigenvalue weighted by atomic mass is 16.5. The van der Waals surface area contributed by atoms with Crippen LogP contribution in [0.4, 0.5) is 0 Å². The molecule has 1 rings (SSSR count). The van der Waals surface area contributed by atoms with E-state index in [2.05, 4.69) is 36.8 Å². The molecule has 0 radical (unpaired) electrons. The lowest BCUT2D eigenvalue weighted by Crippen LogP contribution is -2.14. The number of nitrogens with zero attached hydrogens (tertiary/aromatic N) is 1. The first-order chi connectivity index (χ1) is 9.65. The van der Waals surface area contributed by atoms with E-state index in [9.17, 15) is 0 Å². The van der Waals surface area contributed by atoms with Gasteiger partial charge in [0.25, 0.3) is 0 Å². The summed E-state index contributed by atoms with van der Waals surface area (Å²) in [5, 5.41) is 3.42. The number of ether oxygens (including phenoxy) is 1. The molecule has 3 heteroatoms. The fraction of sp³-hybridized carbons (Fsp3) is 0.588. The first-order valence-electron chi connectivity index (χ1n) is 7.63. The van der Waals surface area contributed by atoms with Crippen LogP contribution >= 0.6 is 0 Å². The summed E-state index contributed by atoms with van der Waals surface area (Å²) in [4.78, 5) is 4.57. The zero-order valence-electron chi connectivity index (χ0n) is 13.2. The van der Waals surface area contributed by atoms with Gasteiger partial charge in [-0.3, -0.25) is 0 Å². The molecule has 0 bridgehead atoms. The van der Waals surface area contributed by atoms with Crippen molar-refractivity contribution in [2.75, 3.05) is 13.2 Å². The molecule has 0 aliphatic carbocycles. The van der Waals surface area contributed by atoms with Crippen molar-refractivity contribution in [1.29, 1.82) is 0 Å². The van der Waals surface area contributed by atoms with E-state index < -0.39 is 0 Å². The Morgan fingerprint density at radius 3 is 2.75 bits per heavy atom. The Morgan fingerprint density at radius 1 is 1.30 bits per heavy atom. The highest BCUT2D eigenvalue weighted by Gasteiger charge is 2.04. The van der Waals surface area contributed by atoms with Crippen LogP contribution in [0.15, 0.2) is 24.3 Å². The van der Waals surface area contributed by atoms with Gasteiger partial charge in [-0.1, -0.05) is 25.8 Å². The van der Waals surface area contributed by atoms with Gasteiger partial charge in [0.15, 0.2) is 0 Å². The van der Waals surface area contributed by atoms with Crippen LogP contribution < -0.4 is 10.1 Å². The predicted molar refractivity (Wildman–Crippen MR) is 85.2 cm³/mol. The predicted octanol–water partition coefficient (Wildman–Crippen LogP) is 3.88. The van der Waals surface area contributed by atoms with Crippen molar-refractivity contribution in [2.24, 2.45) is 0 Å². The minimum absolute atomic E-state index is 0.653. The summed E-state index contributed by atoms with van der Waals surface area (Å²) in [6, 6.07) is 4.22. The molecule has 20 heavy (non-hydrogen) atoms. The van der Waals surface area contributed by atoms with E-state index >= 15 is 0 Å². The molecular weight excluding hydrogens is 248 g/mol. The number of pyridine rings is 1. The summed E-state index contributed by atoms with van der Waals surface area (Å²) >= 11 is 0. The lowest BCUT2D eigenvalue weighted by molar-refractivity contribution is 0.308. The first kappa shape index (κ1) is 16.7. The second-order valence-electron chi connectivity index (χ2n) is 5.29. The average molecular weight is 276 g/mol. The third-order valence-corrected chi connectivity index (χ3v) is 2.96. The van der Waals surface area contributed by atoms with Gasteiger partial charge in [-0.05, 0) is 37.9 Å². The standard InChI is InChI=1S/C17H28N2O/c1-5-7-16-11-15(13-18-9-6-2)12-17(19-16)20-10-8-14(3)4/h11-12,18H,3,5-10,13H2,1-2,4H3. The lowest BCUT2D eigenvalue weighted by atomic mass is 10.1. The Balaban J connectivity index is 2.67. The molecule has 0 amide bonds. The van der Waals surface area contributed by atoms with Crippen molar-refractivity contribution < 1.29 is 4.74 Å². The van der Waals surface area contributed by atoms with Crippen molar-refractivity contribution in [2.45, 2.75) is 53.0 Å². The largest absolute Gasteiger partial charge is 0.477 e. The van der Waals surface area contributed by atoms with Crippen molar-refractivity contribution in [3.63, 3.8) is 0 Å². The zero-order valence-corrected chi connectivity index (χ0v) is 13.2. The molecule has 3 nitrogen and oxygen atoms in total. The van der Waals surface area contributed by atoms with E-state index in [0.717, 1.165) is 55.9 Å². The molecule has 112 valence electrons. The Morgan fingerprint density at radius 2 is 2.10 bits per heavy atom. The Kier molecular flexibility index (Phi) is 7.97. The normalized spacial score (nSPS) is 10.6. The van der Waals surface area contributed by atoms with Crippen LogP contribution in [-0.4, -0.2) is 18.1 Å². The monoisotopic (exact) mass is 276 g/mol. The van der Waals surface area contributed by atoms with Crippen LogP contribution in [0.3, 0.4) is 0 Å². The van der Waals surface area contributed by atoms with Crippen LogP contribution in [-0.2, 0) is 13.0 Å². The molecule has 0 unspecified atom stereocenters. The minimum atomic E-state index is 0.653. The molecule has 0 spiro atoms. The van der Waals surface area contributed by atoms with E-state index in [-0.39, 0.29) is 0 Å². The van der Waals surface area contributed by atoms with Crippen molar-refractivity contribution >= 4 is 0 Å². The van der Waals surface area contributed by atoms with Gasteiger partial charge in [-0.25, -0.2) is 4.98 Å². The maximum atomic E-state index is 5.75. The molecule has 0 saturated carbocycles. The van der Waals surface area contributed by atoms with Crippen LogP contribution in [0.25, 0.3) is 0 Å². The maximum Gasteiger partial charge on any atom is 0.213 e. The van der Waals surface area contributed by atoms with Crippen molar-refractivity contribution in [3.05, 3.63) is 35.5 Å². The lowest BCUT2D eigenvalue weighted by Gasteiger charge is -2.10. The second-order valence-corrected chi connectivity index (χ2v) is 5.29. The summed E-state index contributed by atoms with van der Waals surface area (Å²) in [6.45, 7) is 12.8. The minimum Gasteiger partial charge on any atom is -0.477 e. The van der Waals surface area contributed by atoms with E-state index in [4.69, 9.17) is 4.74 Å². The molecule has 0 atom stereocenters. The van der Waals surface area contributed by atoms with E-state index in [1.165, 1.54) is 5.56 Å². The number of nitrogens with one attached hydrogen (secondary N) is 1. The van der Waals surface area contributed by atoms with E-state index in [0.29, 0.717) is 6.61 Å². The smallest absolute Gasteiger partial charge is 0.213 e. The topological polar surface area (TPSA) is 34.1 Å². The molecule has 1 aromatic rings. The van der Waals surface area contributed by atoms with Gasteiger partial charge in [0.2, 0.25) is 5.88 Å².